The molecule has 0 aliphatic heterocycles. The number of halogens is 1. The molecule has 8 heteroatoms. The van der Waals surface area contributed by atoms with Crippen LogP contribution in [0.4, 0.5) is 0 Å². The maximum atomic E-state index is 12.3. The summed E-state index contributed by atoms with van der Waals surface area (Å²) in [7, 11) is 0. The van der Waals surface area contributed by atoms with Crippen molar-refractivity contribution in [3.63, 3.8) is 0 Å². The number of ether oxygens (including phenoxy) is 1. The lowest BCUT2D eigenvalue weighted by Gasteiger charge is -2.07. The summed E-state index contributed by atoms with van der Waals surface area (Å²) in [6.45, 7) is 1.64. The molecular weight excluding hydrogens is 430 g/mol. The topological polar surface area (TPSA) is 96.9 Å². The number of rotatable bonds is 7. The SMILES string of the molecule is Cc1cccc(C(=O)NCC(=O)N/N=C\c2ccccc2OC(=O)c2ccc(Cl)cc2)c1. The van der Waals surface area contributed by atoms with E-state index < -0.39 is 11.9 Å². The third-order valence-electron chi connectivity index (χ3n) is 4.28. The highest BCUT2D eigenvalue weighted by molar-refractivity contribution is 6.30. The van der Waals surface area contributed by atoms with Crippen LogP contribution in [0.5, 0.6) is 5.75 Å². The van der Waals surface area contributed by atoms with E-state index in [4.69, 9.17) is 16.3 Å². The van der Waals surface area contributed by atoms with Crippen molar-refractivity contribution < 1.29 is 19.1 Å². The molecule has 162 valence electrons. The number of amides is 2. The predicted molar refractivity (Wildman–Crippen MR) is 122 cm³/mol. The molecule has 2 N–H and O–H groups in total. The van der Waals surface area contributed by atoms with Crippen LogP contribution in [0.25, 0.3) is 0 Å². The Morgan fingerprint density at radius 1 is 0.969 bits per heavy atom. The molecule has 32 heavy (non-hydrogen) atoms. The van der Waals surface area contributed by atoms with Crippen molar-refractivity contribution >= 4 is 35.6 Å². The molecule has 0 unspecified atom stereocenters. The molecule has 0 fully saturated rings. The number of hydrazone groups is 1. The molecule has 3 aromatic rings. The first-order valence-electron chi connectivity index (χ1n) is 9.66. The van der Waals surface area contributed by atoms with Crippen molar-refractivity contribution in [3.05, 3.63) is 100 Å². The highest BCUT2D eigenvalue weighted by atomic mass is 35.5. The van der Waals surface area contributed by atoms with Gasteiger partial charge in [-0.15, -0.1) is 0 Å². The number of para-hydroxylation sites is 1. The normalized spacial score (nSPS) is 10.6. The fraction of sp³-hybridized carbons (Fsp3) is 0.0833. The van der Waals surface area contributed by atoms with Gasteiger partial charge in [0.25, 0.3) is 11.8 Å². The Morgan fingerprint density at radius 3 is 2.47 bits per heavy atom. The summed E-state index contributed by atoms with van der Waals surface area (Å²) in [5.41, 5.74) is 4.58. The minimum absolute atomic E-state index is 0.239. The second-order valence-corrected chi connectivity index (χ2v) is 7.22. The van der Waals surface area contributed by atoms with Crippen molar-refractivity contribution in [2.24, 2.45) is 5.10 Å². The molecule has 0 atom stereocenters. The number of benzene rings is 3. The smallest absolute Gasteiger partial charge is 0.343 e. The van der Waals surface area contributed by atoms with Crippen LogP contribution in [-0.4, -0.2) is 30.5 Å². The van der Waals surface area contributed by atoms with Crippen molar-refractivity contribution in [3.8, 4) is 5.75 Å². The van der Waals surface area contributed by atoms with Crippen LogP contribution < -0.4 is 15.5 Å². The van der Waals surface area contributed by atoms with Gasteiger partial charge in [0.1, 0.15) is 5.75 Å². The van der Waals surface area contributed by atoms with Gasteiger partial charge in [0.05, 0.1) is 18.3 Å². The molecule has 3 rings (SSSR count). The lowest BCUT2D eigenvalue weighted by molar-refractivity contribution is -0.120. The van der Waals surface area contributed by atoms with Crippen LogP contribution in [0.2, 0.25) is 5.02 Å². The van der Waals surface area contributed by atoms with Gasteiger partial charge in [-0.05, 0) is 55.5 Å². The molecule has 0 aliphatic rings. The number of hydrogen-bond donors (Lipinski definition) is 2. The maximum Gasteiger partial charge on any atom is 0.343 e. The van der Waals surface area contributed by atoms with E-state index in [0.717, 1.165) is 5.56 Å². The summed E-state index contributed by atoms with van der Waals surface area (Å²) in [6.07, 6.45) is 1.35. The standard InChI is InChI=1S/C24H20ClN3O4/c1-16-5-4-7-18(13-16)23(30)26-15-22(29)28-27-14-19-6-2-3-8-21(19)32-24(31)17-9-11-20(25)12-10-17/h2-14H,15H2,1H3,(H,26,30)(H,28,29)/b27-14-. The Balaban J connectivity index is 1.55. The van der Waals surface area contributed by atoms with E-state index in [9.17, 15) is 14.4 Å². The second kappa shape index (κ2) is 10.9. The van der Waals surface area contributed by atoms with Crippen molar-refractivity contribution in [2.45, 2.75) is 6.92 Å². The zero-order valence-corrected chi connectivity index (χ0v) is 17.9. The first kappa shape index (κ1) is 22.7. The van der Waals surface area contributed by atoms with E-state index in [1.54, 1.807) is 66.7 Å². The van der Waals surface area contributed by atoms with Gasteiger partial charge in [0.2, 0.25) is 0 Å². The van der Waals surface area contributed by atoms with Crippen molar-refractivity contribution in [2.75, 3.05) is 6.54 Å². The maximum absolute atomic E-state index is 12.3. The molecule has 0 saturated heterocycles. The number of esters is 1. The van der Waals surface area contributed by atoms with Crippen LogP contribution >= 0.6 is 11.6 Å². The molecule has 0 saturated carbocycles. The van der Waals surface area contributed by atoms with Crippen LogP contribution in [-0.2, 0) is 4.79 Å². The zero-order chi connectivity index (χ0) is 22.9. The fourth-order valence-electron chi connectivity index (χ4n) is 2.69. The van der Waals surface area contributed by atoms with E-state index in [0.29, 0.717) is 21.7 Å². The van der Waals surface area contributed by atoms with E-state index in [1.807, 2.05) is 13.0 Å². The molecular formula is C24H20ClN3O4. The number of nitrogens with zero attached hydrogens (tertiary/aromatic N) is 1. The van der Waals surface area contributed by atoms with Gasteiger partial charge in [0, 0.05) is 16.1 Å². The largest absolute Gasteiger partial charge is 0.422 e. The molecule has 0 spiro atoms. The van der Waals surface area contributed by atoms with Gasteiger partial charge < -0.3 is 10.1 Å². The first-order valence-corrected chi connectivity index (χ1v) is 10.0. The van der Waals surface area contributed by atoms with Gasteiger partial charge in [-0.2, -0.15) is 5.10 Å². The van der Waals surface area contributed by atoms with Gasteiger partial charge in [-0.25, -0.2) is 10.2 Å². The Labute approximate surface area is 190 Å². The molecule has 0 aromatic heterocycles. The summed E-state index contributed by atoms with van der Waals surface area (Å²) < 4.78 is 5.42. The molecule has 2 amide bonds. The summed E-state index contributed by atoms with van der Waals surface area (Å²) in [5, 5.41) is 6.92. The number of hydrogen-bond acceptors (Lipinski definition) is 5. The minimum Gasteiger partial charge on any atom is -0.422 e. The zero-order valence-electron chi connectivity index (χ0n) is 17.2. The third kappa shape index (κ3) is 6.52. The second-order valence-electron chi connectivity index (χ2n) is 6.78. The fourth-order valence-corrected chi connectivity index (χ4v) is 2.81. The van der Waals surface area contributed by atoms with Crippen LogP contribution in [0.1, 0.15) is 31.8 Å². The van der Waals surface area contributed by atoms with Crippen LogP contribution in [0.15, 0.2) is 77.9 Å². The lowest BCUT2D eigenvalue weighted by Crippen LogP contribution is -2.34. The summed E-state index contributed by atoms with van der Waals surface area (Å²) in [6, 6.07) is 20.1. The van der Waals surface area contributed by atoms with E-state index >= 15 is 0 Å². The summed E-state index contributed by atoms with van der Waals surface area (Å²) >= 11 is 5.83. The average Bonchev–Trinajstić information content (AvgIpc) is 2.79. The van der Waals surface area contributed by atoms with Gasteiger partial charge in [-0.3, -0.25) is 9.59 Å². The Morgan fingerprint density at radius 2 is 1.72 bits per heavy atom. The summed E-state index contributed by atoms with van der Waals surface area (Å²) in [4.78, 5) is 36.4. The Kier molecular flexibility index (Phi) is 7.72. The third-order valence-corrected chi connectivity index (χ3v) is 4.54. The number of carbonyl (C=O) groups is 3. The van der Waals surface area contributed by atoms with Gasteiger partial charge >= 0.3 is 5.97 Å². The van der Waals surface area contributed by atoms with Gasteiger partial charge in [-0.1, -0.05) is 41.4 Å². The predicted octanol–water partition coefficient (Wildman–Crippen LogP) is 3.75. The first-order chi connectivity index (χ1) is 15.4. The quantitative estimate of drug-likeness (QED) is 0.248. The van der Waals surface area contributed by atoms with E-state index in [1.165, 1.54) is 6.21 Å². The highest BCUT2D eigenvalue weighted by Crippen LogP contribution is 2.18. The van der Waals surface area contributed by atoms with E-state index in [2.05, 4.69) is 15.8 Å². The molecule has 7 nitrogen and oxygen atoms in total. The molecule has 0 radical (unpaired) electrons. The van der Waals surface area contributed by atoms with Crippen LogP contribution in [0.3, 0.4) is 0 Å². The van der Waals surface area contributed by atoms with Crippen LogP contribution in [0, 0.1) is 6.92 Å². The summed E-state index contributed by atoms with van der Waals surface area (Å²) in [5.74, 6) is -1.13. The highest BCUT2D eigenvalue weighted by Gasteiger charge is 2.11. The number of carbonyl (C=O) groups excluding carboxylic acids is 3. The van der Waals surface area contributed by atoms with E-state index in [-0.39, 0.29) is 18.2 Å². The average molecular weight is 450 g/mol. The monoisotopic (exact) mass is 449 g/mol. The van der Waals surface area contributed by atoms with Gasteiger partial charge in [0.15, 0.2) is 0 Å². The van der Waals surface area contributed by atoms with Crippen molar-refractivity contribution in [1.29, 1.82) is 0 Å². The lowest BCUT2D eigenvalue weighted by atomic mass is 10.1. The minimum atomic E-state index is -0.551. The molecule has 0 heterocycles. The molecule has 0 bridgehead atoms. The Bertz CT molecular complexity index is 1160. The number of aryl methyl sites for hydroxylation is 1. The molecule has 0 aliphatic carbocycles. The number of nitrogens with one attached hydrogen (secondary N) is 2. The Hall–Kier alpha value is -3.97. The van der Waals surface area contributed by atoms with Crippen molar-refractivity contribution in [1.82, 2.24) is 10.7 Å². The molecule has 3 aromatic carbocycles.